The van der Waals surface area contributed by atoms with Gasteiger partial charge in [-0.1, -0.05) is 31.2 Å². The van der Waals surface area contributed by atoms with E-state index >= 15 is 0 Å². The van der Waals surface area contributed by atoms with Gasteiger partial charge in [0.05, 0.1) is 17.3 Å². The number of imidazole rings is 1. The molecule has 3 aromatic rings. The van der Waals surface area contributed by atoms with Crippen LogP contribution in [0.15, 0.2) is 42.6 Å². The first-order valence-electron chi connectivity index (χ1n) is 9.86. The minimum absolute atomic E-state index is 0.301. The van der Waals surface area contributed by atoms with Crippen molar-refractivity contribution in [2.24, 2.45) is 5.92 Å². The fourth-order valence-electron chi connectivity index (χ4n) is 4.00. The second kappa shape index (κ2) is 7.64. The van der Waals surface area contributed by atoms with E-state index < -0.39 is 5.97 Å². The van der Waals surface area contributed by atoms with Gasteiger partial charge in [-0.2, -0.15) is 0 Å². The largest absolute Gasteiger partial charge is 0.481 e. The van der Waals surface area contributed by atoms with Crippen molar-refractivity contribution in [1.82, 2.24) is 14.3 Å². The Bertz CT molecular complexity index is 994. The number of nitrogens with two attached hydrogens (primary N) is 1. The highest BCUT2D eigenvalue weighted by molar-refractivity contribution is 5.70. The van der Waals surface area contributed by atoms with Crippen LogP contribution in [-0.4, -0.2) is 38.4 Å². The molecule has 28 heavy (non-hydrogen) atoms. The van der Waals surface area contributed by atoms with E-state index in [2.05, 4.69) is 36.1 Å². The highest BCUT2D eigenvalue weighted by Crippen LogP contribution is 2.28. The third-order valence-electron chi connectivity index (χ3n) is 5.60. The van der Waals surface area contributed by atoms with Crippen molar-refractivity contribution in [3.05, 3.63) is 53.9 Å². The fourth-order valence-corrected chi connectivity index (χ4v) is 4.00. The van der Waals surface area contributed by atoms with Gasteiger partial charge in [-0.25, -0.2) is 4.98 Å². The molecule has 0 saturated carbocycles. The number of benzene rings is 1. The van der Waals surface area contributed by atoms with Crippen LogP contribution in [0.5, 0.6) is 0 Å². The van der Waals surface area contributed by atoms with Gasteiger partial charge in [0, 0.05) is 30.5 Å². The number of pyridine rings is 1. The van der Waals surface area contributed by atoms with Crippen LogP contribution in [0.2, 0.25) is 0 Å². The van der Waals surface area contributed by atoms with Crippen LogP contribution >= 0.6 is 0 Å². The number of nitrogens with zero attached hydrogens (tertiary/aromatic N) is 3. The van der Waals surface area contributed by atoms with Crippen LogP contribution in [0.1, 0.15) is 31.0 Å². The number of rotatable bonds is 5. The first-order valence-corrected chi connectivity index (χ1v) is 9.86. The van der Waals surface area contributed by atoms with E-state index in [0.717, 1.165) is 48.4 Å². The second-order valence-corrected chi connectivity index (χ2v) is 7.56. The Kier molecular flexibility index (Phi) is 5.05. The summed E-state index contributed by atoms with van der Waals surface area (Å²) in [4.78, 5) is 18.5. The SMILES string of the molecule is CCc1ccc(-c2nc3ccc(N)cn3c2CN2CCCC(C(=O)O)C2)cc1. The van der Waals surface area contributed by atoms with Gasteiger partial charge in [-0.15, -0.1) is 0 Å². The van der Waals surface area contributed by atoms with Crippen LogP contribution < -0.4 is 5.73 Å². The summed E-state index contributed by atoms with van der Waals surface area (Å²) in [5, 5.41) is 9.41. The first-order chi connectivity index (χ1) is 13.5. The molecule has 0 aliphatic carbocycles. The molecule has 0 radical (unpaired) electrons. The van der Waals surface area contributed by atoms with Crippen molar-refractivity contribution in [1.29, 1.82) is 0 Å². The minimum atomic E-state index is -0.706. The molecule has 1 unspecified atom stereocenters. The number of carbonyl (C=O) groups is 1. The van der Waals surface area contributed by atoms with Crippen molar-refractivity contribution in [2.45, 2.75) is 32.7 Å². The Morgan fingerprint density at radius 1 is 1.25 bits per heavy atom. The Morgan fingerprint density at radius 2 is 2.04 bits per heavy atom. The number of anilines is 1. The number of piperidine rings is 1. The molecule has 1 fully saturated rings. The van der Waals surface area contributed by atoms with Gasteiger partial charge >= 0.3 is 5.97 Å². The Labute approximate surface area is 164 Å². The predicted octanol–water partition coefficient (Wildman–Crippen LogP) is 3.44. The highest BCUT2D eigenvalue weighted by Gasteiger charge is 2.27. The molecule has 3 N–H and O–H groups in total. The molecule has 1 saturated heterocycles. The third-order valence-corrected chi connectivity index (χ3v) is 5.60. The summed E-state index contributed by atoms with van der Waals surface area (Å²) in [5.74, 6) is -1.01. The van der Waals surface area contributed by atoms with Crippen molar-refractivity contribution in [2.75, 3.05) is 18.8 Å². The number of aryl methyl sites for hydroxylation is 1. The topological polar surface area (TPSA) is 83.9 Å². The maximum Gasteiger partial charge on any atom is 0.307 e. The molecule has 1 aromatic carbocycles. The number of aliphatic carboxylic acids is 1. The average Bonchev–Trinajstić information content (AvgIpc) is 3.06. The smallest absolute Gasteiger partial charge is 0.307 e. The summed E-state index contributed by atoms with van der Waals surface area (Å²) in [6, 6.07) is 12.3. The molecule has 4 rings (SSSR count). The Hall–Kier alpha value is -2.86. The molecule has 0 spiro atoms. The number of hydrogen-bond donors (Lipinski definition) is 2. The van der Waals surface area contributed by atoms with E-state index in [1.54, 1.807) is 0 Å². The maximum atomic E-state index is 11.4. The van der Waals surface area contributed by atoms with E-state index in [1.165, 1.54) is 5.56 Å². The molecular formula is C22H26N4O2. The summed E-state index contributed by atoms with van der Waals surface area (Å²) >= 11 is 0. The van der Waals surface area contributed by atoms with Crippen molar-refractivity contribution in [3.63, 3.8) is 0 Å². The molecule has 6 heteroatoms. The van der Waals surface area contributed by atoms with Crippen molar-refractivity contribution >= 4 is 17.3 Å². The molecule has 146 valence electrons. The van der Waals surface area contributed by atoms with Crippen LogP contribution in [0.25, 0.3) is 16.9 Å². The molecule has 2 aromatic heterocycles. The first kappa shape index (κ1) is 18.5. The van der Waals surface area contributed by atoms with Crippen molar-refractivity contribution in [3.8, 4) is 11.3 Å². The fraction of sp³-hybridized carbons (Fsp3) is 0.364. The second-order valence-electron chi connectivity index (χ2n) is 7.56. The molecule has 3 heterocycles. The predicted molar refractivity (Wildman–Crippen MR) is 110 cm³/mol. The van der Waals surface area contributed by atoms with E-state index in [9.17, 15) is 9.90 Å². The summed E-state index contributed by atoms with van der Waals surface area (Å²) in [5.41, 5.74) is 11.9. The molecule has 1 aliphatic rings. The Morgan fingerprint density at radius 3 is 2.75 bits per heavy atom. The van der Waals surface area contributed by atoms with Gasteiger partial charge in [0.15, 0.2) is 0 Å². The summed E-state index contributed by atoms with van der Waals surface area (Å²) in [7, 11) is 0. The Balaban J connectivity index is 1.74. The lowest BCUT2D eigenvalue weighted by Gasteiger charge is -2.30. The summed E-state index contributed by atoms with van der Waals surface area (Å²) in [6.45, 7) is 4.26. The van der Waals surface area contributed by atoms with Gasteiger partial charge in [0.2, 0.25) is 0 Å². The van der Waals surface area contributed by atoms with Gasteiger partial charge in [0.1, 0.15) is 5.65 Å². The van der Waals surface area contributed by atoms with E-state index in [1.807, 2.05) is 22.7 Å². The zero-order chi connectivity index (χ0) is 19.7. The van der Waals surface area contributed by atoms with Gasteiger partial charge in [-0.05, 0) is 43.5 Å². The third kappa shape index (κ3) is 3.60. The molecule has 6 nitrogen and oxygen atoms in total. The molecular weight excluding hydrogens is 352 g/mol. The van der Waals surface area contributed by atoms with Gasteiger partial charge < -0.3 is 15.2 Å². The highest BCUT2D eigenvalue weighted by atomic mass is 16.4. The number of aromatic nitrogens is 2. The average molecular weight is 378 g/mol. The van der Waals surface area contributed by atoms with Crippen LogP contribution in [0, 0.1) is 5.92 Å². The van der Waals surface area contributed by atoms with Gasteiger partial charge in [-0.3, -0.25) is 9.69 Å². The standard InChI is InChI=1S/C22H26N4O2/c1-2-15-5-7-16(8-6-15)21-19(26-13-18(23)9-10-20(26)24-21)14-25-11-3-4-17(12-25)22(27)28/h5-10,13,17H,2-4,11-12,14,23H2,1H3,(H,27,28). The number of carboxylic acid groups (broad SMARTS) is 1. The summed E-state index contributed by atoms with van der Waals surface area (Å²) in [6.07, 6.45) is 4.55. The van der Waals surface area contributed by atoms with Crippen LogP contribution in [0.4, 0.5) is 5.69 Å². The van der Waals surface area contributed by atoms with E-state index in [-0.39, 0.29) is 5.92 Å². The van der Waals surface area contributed by atoms with Gasteiger partial charge in [0.25, 0.3) is 0 Å². The molecule has 0 bridgehead atoms. The summed E-state index contributed by atoms with van der Waals surface area (Å²) < 4.78 is 2.04. The molecule has 1 aliphatic heterocycles. The normalized spacial score (nSPS) is 17.8. The monoisotopic (exact) mass is 378 g/mol. The number of likely N-dealkylation sites (tertiary alicyclic amines) is 1. The lowest BCUT2D eigenvalue weighted by atomic mass is 9.98. The maximum absolute atomic E-state index is 11.4. The van der Waals surface area contributed by atoms with Crippen molar-refractivity contribution < 1.29 is 9.90 Å². The van der Waals surface area contributed by atoms with E-state index in [0.29, 0.717) is 18.8 Å². The van der Waals surface area contributed by atoms with Crippen LogP contribution in [-0.2, 0) is 17.8 Å². The zero-order valence-corrected chi connectivity index (χ0v) is 16.1. The quantitative estimate of drug-likeness (QED) is 0.710. The molecule has 0 amide bonds. The van der Waals surface area contributed by atoms with Crippen LogP contribution in [0.3, 0.4) is 0 Å². The number of nitrogen functional groups attached to an aromatic ring is 1. The lowest BCUT2D eigenvalue weighted by Crippen LogP contribution is -2.38. The number of carboxylic acids is 1. The zero-order valence-electron chi connectivity index (χ0n) is 16.1. The minimum Gasteiger partial charge on any atom is -0.481 e. The lowest BCUT2D eigenvalue weighted by molar-refractivity contribution is -0.143. The molecule has 1 atom stereocenters. The van der Waals surface area contributed by atoms with E-state index in [4.69, 9.17) is 10.7 Å². The number of hydrogen-bond acceptors (Lipinski definition) is 4. The number of fused-ring (bicyclic) bond motifs is 1.